The van der Waals surface area contributed by atoms with Gasteiger partial charge in [-0.2, -0.15) is 0 Å². The largest absolute Gasteiger partial charge is 0.135 e. The number of thiophene rings is 2. The van der Waals surface area contributed by atoms with E-state index in [1.807, 2.05) is 22.7 Å². The molecule has 0 N–H and O–H groups in total. The highest BCUT2D eigenvalue weighted by Crippen LogP contribution is 2.48. The summed E-state index contributed by atoms with van der Waals surface area (Å²) in [4.78, 5) is 0. The molecule has 58 heavy (non-hydrogen) atoms. The summed E-state index contributed by atoms with van der Waals surface area (Å²) in [6, 6.07) is 72.6. The molecule has 0 bridgehead atoms. The van der Waals surface area contributed by atoms with Crippen molar-refractivity contribution in [3.8, 4) is 33.4 Å². The summed E-state index contributed by atoms with van der Waals surface area (Å²) in [5.41, 5.74) is 7.62. The van der Waals surface area contributed by atoms with Crippen LogP contribution >= 0.6 is 22.7 Å². The van der Waals surface area contributed by atoms with E-state index in [2.05, 4.69) is 194 Å². The Hall–Kier alpha value is -6.84. The van der Waals surface area contributed by atoms with E-state index >= 15 is 0 Å². The monoisotopic (exact) mass is 768 g/mol. The van der Waals surface area contributed by atoms with Crippen molar-refractivity contribution in [1.29, 1.82) is 0 Å². The summed E-state index contributed by atoms with van der Waals surface area (Å²) < 4.78 is 5.40. The number of rotatable bonds is 3. The number of fused-ring (bicyclic) bond motifs is 12. The Labute approximate surface area is 342 Å². The van der Waals surface area contributed by atoms with Gasteiger partial charge in [-0.05, 0) is 112 Å². The minimum absolute atomic E-state index is 1.25. The Morgan fingerprint density at radius 1 is 0.241 bits per heavy atom. The lowest BCUT2D eigenvalue weighted by Crippen LogP contribution is -1.93. The van der Waals surface area contributed by atoms with Crippen LogP contribution in [0, 0.1) is 0 Å². The average Bonchev–Trinajstić information content (AvgIpc) is 3.85. The van der Waals surface area contributed by atoms with Crippen molar-refractivity contribution in [2.24, 2.45) is 0 Å². The molecule has 0 aliphatic rings. The van der Waals surface area contributed by atoms with Crippen molar-refractivity contribution >= 4 is 117 Å². The molecule has 0 nitrogen and oxygen atoms in total. The lowest BCUT2D eigenvalue weighted by atomic mass is 9.83. The van der Waals surface area contributed by atoms with Gasteiger partial charge in [-0.3, -0.25) is 0 Å². The zero-order chi connectivity index (χ0) is 37.9. The maximum atomic E-state index is 2.44. The summed E-state index contributed by atoms with van der Waals surface area (Å²) >= 11 is 3.82. The van der Waals surface area contributed by atoms with E-state index in [9.17, 15) is 0 Å². The van der Waals surface area contributed by atoms with Gasteiger partial charge in [-0.15, -0.1) is 22.7 Å². The van der Waals surface area contributed by atoms with Crippen LogP contribution in [0.3, 0.4) is 0 Å². The fourth-order valence-corrected chi connectivity index (χ4v) is 12.2. The summed E-state index contributed by atoms with van der Waals surface area (Å²) in [6.45, 7) is 0. The van der Waals surface area contributed by atoms with Gasteiger partial charge in [0.1, 0.15) is 0 Å². The molecule has 13 rings (SSSR count). The predicted octanol–water partition coefficient (Wildman–Crippen LogP) is 17.2. The Bertz CT molecular complexity index is 3800. The summed E-state index contributed by atoms with van der Waals surface area (Å²) in [7, 11) is 0. The van der Waals surface area contributed by atoms with Crippen molar-refractivity contribution in [3.63, 3.8) is 0 Å². The smallest absolute Gasteiger partial charge is 0.0434 e. The summed E-state index contributed by atoms with van der Waals surface area (Å²) in [5, 5.41) is 18.2. The van der Waals surface area contributed by atoms with Gasteiger partial charge in [0.2, 0.25) is 0 Å². The van der Waals surface area contributed by atoms with Crippen LogP contribution in [0.2, 0.25) is 0 Å². The molecule has 0 fully saturated rings. The second kappa shape index (κ2) is 12.3. The van der Waals surface area contributed by atoms with Gasteiger partial charge in [0.15, 0.2) is 0 Å². The van der Waals surface area contributed by atoms with Crippen LogP contribution in [-0.4, -0.2) is 0 Å². The van der Waals surface area contributed by atoms with Crippen molar-refractivity contribution in [2.75, 3.05) is 0 Å². The van der Waals surface area contributed by atoms with Gasteiger partial charge in [-0.25, -0.2) is 0 Å². The van der Waals surface area contributed by atoms with Crippen LogP contribution < -0.4 is 0 Å². The van der Waals surface area contributed by atoms with Crippen LogP contribution in [0.4, 0.5) is 0 Å². The van der Waals surface area contributed by atoms with Gasteiger partial charge >= 0.3 is 0 Å². The van der Waals surface area contributed by atoms with Crippen LogP contribution in [0.25, 0.3) is 128 Å². The van der Waals surface area contributed by atoms with E-state index in [4.69, 9.17) is 0 Å². The molecule has 268 valence electrons. The molecule has 0 amide bonds. The molecule has 0 unspecified atom stereocenters. The van der Waals surface area contributed by atoms with Crippen LogP contribution in [-0.2, 0) is 0 Å². The zero-order valence-electron chi connectivity index (χ0n) is 31.3. The molecule has 2 heterocycles. The van der Waals surface area contributed by atoms with Gasteiger partial charge in [-0.1, -0.05) is 164 Å². The predicted molar refractivity (Wildman–Crippen MR) is 256 cm³/mol. The summed E-state index contributed by atoms with van der Waals surface area (Å²) in [5.74, 6) is 0. The minimum atomic E-state index is 1.25. The quantitative estimate of drug-likeness (QED) is 0.157. The molecule has 0 saturated heterocycles. The second-order valence-electron chi connectivity index (χ2n) is 15.5. The zero-order valence-corrected chi connectivity index (χ0v) is 32.9. The molecule has 0 aliphatic carbocycles. The molecule has 13 aromatic rings. The third kappa shape index (κ3) is 4.62. The van der Waals surface area contributed by atoms with Gasteiger partial charge in [0.25, 0.3) is 0 Å². The first-order valence-electron chi connectivity index (χ1n) is 19.9. The number of hydrogen-bond acceptors (Lipinski definition) is 2. The Morgan fingerprint density at radius 3 is 1.53 bits per heavy atom. The van der Waals surface area contributed by atoms with E-state index in [1.165, 1.54) is 128 Å². The van der Waals surface area contributed by atoms with Gasteiger partial charge < -0.3 is 0 Å². The number of hydrogen-bond donors (Lipinski definition) is 0. The first-order valence-corrected chi connectivity index (χ1v) is 21.5. The molecular weight excluding hydrogens is 737 g/mol. The number of benzene rings is 11. The molecule has 0 radical (unpaired) electrons. The Morgan fingerprint density at radius 2 is 0.793 bits per heavy atom. The SMILES string of the molecule is c1ccc2c(-c3c4ccccc4c(-c4ccc(-c5ccc6sc7cc8c(ccc9c%10ccccc%10sc89)cc7c6c5)c5ccccc45)c4ccccc34)cccc2c1. The van der Waals surface area contributed by atoms with Crippen LogP contribution in [0.5, 0.6) is 0 Å². The fraction of sp³-hybridized carbons (Fsp3) is 0. The molecule has 0 atom stereocenters. The van der Waals surface area contributed by atoms with E-state index < -0.39 is 0 Å². The van der Waals surface area contributed by atoms with Crippen LogP contribution in [0.15, 0.2) is 194 Å². The third-order valence-corrected chi connectivity index (χ3v) is 14.8. The average molecular weight is 769 g/mol. The standard InChI is InChI=1S/C56H32S2/c1-2-14-36-33(12-1)13-11-22-41(36)54-42-18-5-7-20-44(42)55(45-21-8-6-19-43(45)54)46-28-27-37(38-15-3-4-16-39(38)46)34-25-29-52-49(30-34)50-31-35-24-26-47-40-17-9-10-23-51(40)58-56(47)48(35)32-53(50)57-52/h1-32H. The highest BCUT2D eigenvalue weighted by molar-refractivity contribution is 7.27. The normalized spacial score (nSPS) is 12.1. The molecule has 0 saturated carbocycles. The highest BCUT2D eigenvalue weighted by atomic mass is 32.1. The van der Waals surface area contributed by atoms with Crippen molar-refractivity contribution in [1.82, 2.24) is 0 Å². The molecular formula is C56H32S2. The van der Waals surface area contributed by atoms with Gasteiger partial charge in [0, 0.05) is 45.7 Å². The Kier molecular flexibility index (Phi) is 6.86. The first-order chi connectivity index (χ1) is 28.8. The minimum Gasteiger partial charge on any atom is -0.135 e. The van der Waals surface area contributed by atoms with Crippen molar-refractivity contribution in [2.45, 2.75) is 0 Å². The lowest BCUT2D eigenvalue weighted by molar-refractivity contribution is 1.67. The molecule has 2 heteroatoms. The lowest BCUT2D eigenvalue weighted by Gasteiger charge is -2.20. The highest BCUT2D eigenvalue weighted by Gasteiger charge is 2.20. The summed E-state index contributed by atoms with van der Waals surface area (Å²) in [6.07, 6.45) is 0. The van der Waals surface area contributed by atoms with E-state index in [0.29, 0.717) is 0 Å². The van der Waals surface area contributed by atoms with Crippen molar-refractivity contribution < 1.29 is 0 Å². The maximum Gasteiger partial charge on any atom is 0.0434 e. The fourth-order valence-electron chi connectivity index (χ4n) is 9.87. The topological polar surface area (TPSA) is 0 Å². The molecule has 0 aliphatic heterocycles. The molecule has 11 aromatic carbocycles. The maximum absolute atomic E-state index is 2.44. The Balaban J connectivity index is 1.02. The van der Waals surface area contributed by atoms with Crippen molar-refractivity contribution in [3.05, 3.63) is 194 Å². The van der Waals surface area contributed by atoms with E-state index in [1.54, 1.807) is 0 Å². The van der Waals surface area contributed by atoms with E-state index in [-0.39, 0.29) is 0 Å². The third-order valence-electron chi connectivity index (χ3n) is 12.4. The van der Waals surface area contributed by atoms with E-state index in [0.717, 1.165) is 0 Å². The molecule has 2 aromatic heterocycles. The molecule has 0 spiro atoms. The first kappa shape index (κ1) is 32.3. The van der Waals surface area contributed by atoms with Crippen LogP contribution in [0.1, 0.15) is 0 Å². The second-order valence-corrected chi connectivity index (χ2v) is 17.6. The van der Waals surface area contributed by atoms with Gasteiger partial charge in [0.05, 0.1) is 0 Å².